The van der Waals surface area contributed by atoms with Crippen molar-refractivity contribution in [2.45, 2.75) is 38.3 Å². The molecule has 0 bridgehead atoms. The van der Waals surface area contributed by atoms with Gasteiger partial charge in [-0.25, -0.2) is 0 Å². The Morgan fingerprint density at radius 1 is 1.12 bits per heavy atom. The molecule has 0 atom stereocenters. The van der Waals surface area contributed by atoms with Gasteiger partial charge in [-0.15, -0.1) is 10.2 Å². The Morgan fingerprint density at radius 2 is 1.84 bits per heavy atom. The number of para-hydroxylation sites is 1. The fourth-order valence-corrected chi connectivity index (χ4v) is 3.97. The number of carbonyl (C=O) groups excluding carboxylic acids is 1. The van der Waals surface area contributed by atoms with Gasteiger partial charge in [0.2, 0.25) is 5.91 Å². The predicted octanol–water partition coefficient (Wildman–Crippen LogP) is 4.88. The predicted molar refractivity (Wildman–Crippen MR) is 126 cm³/mol. The number of amides is 1. The van der Waals surface area contributed by atoms with Crippen LogP contribution in [0.4, 0.5) is 5.69 Å². The molecule has 0 fully saturated rings. The molecule has 0 aliphatic heterocycles. The second-order valence-electron chi connectivity index (χ2n) is 7.77. The zero-order valence-corrected chi connectivity index (χ0v) is 19.0. The molecule has 1 aromatic heterocycles. The van der Waals surface area contributed by atoms with Crippen LogP contribution in [-0.2, 0) is 4.79 Å². The fourth-order valence-electron chi connectivity index (χ4n) is 3.08. The maximum absolute atomic E-state index is 12.0. The summed E-state index contributed by atoms with van der Waals surface area (Å²) in [6.45, 7) is 4.98. The SMILES string of the molecule is CC(C)CCNC(=O)CCCSc1nnc(-c2ccc([N+](=O)[O-])cc2)n1-c1ccccc1. The van der Waals surface area contributed by atoms with Gasteiger partial charge in [0.05, 0.1) is 4.92 Å². The molecule has 0 aliphatic carbocycles. The van der Waals surface area contributed by atoms with Crippen molar-refractivity contribution < 1.29 is 9.72 Å². The number of nitrogens with zero attached hydrogens (tertiary/aromatic N) is 4. The van der Waals surface area contributed by atoms with E-state index in [1.165, 1.54) is 23.9 Å². The van der Waals surface area contributed by atoms with Crippen molar-refractivity contribution in [3.05, 3.63) is 64.7 Å². The van der Waals surface area contributed by atoms with E-state index >= 15 is 0 Å². The first-order valence-electron chi connectivity index (χ1n) is 10.6. The van der Waals surface area contributed by atoms with Crippen molar-refractivity contribution in [1.82, 2.24) is 20.1 Å². The van der Waals surface area contributed by atoms with Crippen LogP contribution in [0.3, 0.4) is 0 Å². The number of nitro benzene ring substituents is 1. The maximum atomic E-state index is 12.0. The van der Waals surface area contributed by atoms with E-state index in [1.54, 1.807) is 12.1 Å². The van der Waals surface area contributed by atoms with Crippen LogP contribution in [0.15, 0.2) is 59.8 Å². The molecule has 32 heavy (non-hydrogen) atoms. The van der Waals surface area contributed by atoms with Crippen LogP contribution >= 0.6 is 11.8 Å². The van der Waals surface area contributed by atoms with Crippen LogP contribution in [0.2, 0.25) is 0 Å². The highest BCUT2D eigenvalue weighted by atomic mass is 32.2. The van der Waals surface area contributed by atoms with Crippen LogP contribution in [0.5, 0.6) is 0 Å². The van der Waals surface area contributed by atoms with Crippen molar-refractivity contribution in [2.75, 3.05) is 12.3 Å². The third kappa shape index (κ3) is 6.40. The Morgan fingerprint density at radius 3 is 2.50 bits per heavy atom. The van der Waals surface area contributed by atoms with E-state index in [2.05, 4.69) is 29.4 Å². The van der Waals surface area contributed by atoms with E-state index in [0.717, 1.165) is 29.8 Å². The number of benzene rings is 2. The molecule has 0 saturated heterocycles. The van der Waals surface area contributed by atoms with E-state index in [1.807, 2.05) is 34.9 Å². The minimum absolute atomic E-state index is 0.0285. The summed E-state index contributed by atoms with van der Waals surface area (Å²) in [4.78, 5) is 22.5. The van der Waals surface area contributed by atoms with Gasteiger partial charge in [0, 0.05) is 42.1 Å². The summed E-state index contributed by atoms with van der Waals surface area (Å²) in [6, 6.07) is 16.0. The summed E-state index contributed by atoms with van der Waals surface area (Å²) in [5.41, 5.74) is 1.67. The number of nitro groups is 1. The summed E-state index contributed by atoms with van der Waals surface area (Å²) in [5, 5.41) is 23.3. The lowest BCUT2D eigenvalue weighted by atomic mass is 10.1. The molecule has 1 N–H and O–H groups in total. The number of nitrogens with one attached hydrogen (secondary N) is 1. The highest BCUT2D eigenvalue weighted by molar-refractivity contribution is 7.99. The molecule has 9 heteroatoms. The molecule has 0 radical (unpaired) electrons. The Labute approximate surface area is 191 Å². The first-order chi connectivity index (χ1) is 15.5. The van der Waals surface area contributed by atoms with Gasteiger partial charge in [-0.3, -0.25) is 19.5 Å². The number of hydrogen-bond donors (Lipinski definition) is 1. The Hall–Kier alpha value is -3.20. The lowest BCUT2D eigenvalue weighted by Crippen LogP contribution is -2.25. The van der Waals surface area contributed by atoms with Crippen molar-refractivity contribution in [3.63, 3.8) is 0 Å². The number of thioether (sulfide) groups is 1. The lowest BCUT2D eigenvalue weighted by molar-refractivity contribution is -0.384. The van der Waals surface area contributed by atoms with Crippen LogP contribution < -0.4 is 5.32 Å². The van der Waals surface area contributed by atoms with Crippen molar-refractivity contribution >= 4 is 23.4 Å². The van der Waals surface area contributed by atoms with Gasteiger partial charge in [0.1, 0.15) is 0 Å². The molecule has 1 amide bonds. The first kappa shape index (κ1) is 23.5. The lowest BCUT2D eigenvalue weighted by Gasteiger charge is -2.10. The zero-order valence-electron chi connectivity index (χ0n) is 18.2. The third-order valence-corrected chi connectivity index (χ3v) is 5.82. The Bertz CT molecular complexity index is 1040. The Balaban J connectivity index is 1.70. The molecule has 0 saturated carbocycles. The fraction of sp³-hybridized carbons (Fsp3) is 0.348. The number of hydrogen-bond acceptors (Lipinski definition) is 6. The average Bonchev–Trinajstić information content (AvgIpc) is 3.21. The van der Waals surface area contributed by atoms with Crippen molar-refractivity contribution in [1.29, 1.82) is 0 Å². The molecular formula is C23H27N5O3S. The summed E-state index contributed by atoms with van der Waals surface area (Å²) in [6.07, 6.45) is 2.18. The van der Waals surface area contributed by atoms with Gasteiger partial charge in [-0.1, -0.05) is 43.8 Å². The van der Waals surface area contributed by atoms with E-state index in [0.29, 0.717) is 29.9 Å². The molecule has 168 valence electrons. The van der Waals surface area contributed by atoms with E-state index < -0.39 is 4.92 Å². The van der Waals surface area contributed by atoms with E-state index in [-0.39, 0.29) is 11.6 Å². The molecule has 1 heterocycles. The molecule has 0 spiro atoms. The quantitative estimate of drug-likeness (QED) is 0.192. The van der Waals surface area contributed by atoms with Crippen molar-refractivity contribution in [2.24, 2.45) is 5.92 Å². The molecule has 2 aromatic carbocycles. The number of non-ortho nitro benzene ring substituents is 1. The van der Waals surface area contributed by atoms with Gasteiger partial charge in [0.25, 0.3) is 5.69 Å². The monoisotopic (exact) mass is 453 g/mol. The molecule has 0 aliphatic rings. The highest BCUT2D eigenvalue weighted by Gasteiger charge is 2.17. The average molecular weight is 454 g/mol. The van der Waals surface area contributed by atoms with Gasteiger partial charge < -0.3 is 5.32 Å². The van der Waals surface area contributed by atoms with Crippen LogP contribution in [0, 0.1) is 16.0 Å². The molecule has 3 rings (SSSR count). The summed E-state index contributed by atoms with van der Waals surface area (Å²) < 4.78 is 1.94. The van der Waals surface area contributed by atoms with Crippen molar-refractivity contribution in [3.8, 4) is 17.1 Å². The molecule has 3 aromatic rings. The molecule has 0 unspecified atom stereocenters. The van der Waals surface area contributed by atoms with Gasteiger partial charge in [-0.05, 0) is 43.0 Å². The topological polar surface area (TPSA) is 103 Å². The summed E-state index contributed by atoms with van der Waals surface area (Å²) in [7, 11) is 0. The standard InChI is InChI=1S/C23H27N5O3S/c1-17(2)14-15-24-21(29)9-6-16-32-23-26-25-22(27(23)19-7-4-3-5-8-19)18-10-12-20(13-11-18)28(30)31/h3-5,7-8,10-13,17H,6,9,14-16H2,1-2H3,(H,24,29). The van der Waals surface area contributed by atoms with E-state index in [4.69, 9.17) is 0 Å². The van der Waals surface area contributed by atoms with Gasteiger partial charge in [0.15, 0.2) is 11.0 Å². The second-order valence-corrected chi connectivity index (χ2v) is 8.83. The first-order valence-corrected chi connectivity index (χ1v) is 11.6. The van der Waals surface area contributed by atoms with Crippen LogP contribution in [0.1, 0.15) is 33.1 Å². The third-order valence-electron chi connectivity index (χ3n) is 4.81. The van der Waals surface area contributed by atoms with Gasteiger partial charge in [-0.2, -0.15) is 0 Å². The number of rotatable bonds is 11. The molecular weight excluding hydrogens is 426 g/mol. The maximum Gasteiger partial charge on any atom is 0.269 e. The number of carbonyl (C=O) groups is 1. The summed E-state index contributed by atoms with van der Waals surface area (Å²) in [5.74, 6) is 1.98. The minimum atomic E-state index is -0.425. The molecule has 8 nitrogen and oxygen atoms in total. The summed E-state index contributed by atoms with van der Waals surface area (Å²) >= 11 is 1.54. The minimum Gasteiger partial charge on any atom is -0.356 e. The van der Waals surface area contributed by atoms with Crippen LogP contribution in [0.25, 0.3) is 17.1 Å². The second kappa shape index (κ2) is 11.4. The van der Waals surface area contributed by atoms with E-state index in [9.17, 15) is 14.9 Å². The zero-order chi connectivity index (χ0) is 22.9. The number of aromatic nitrogens is 3. The smallest absolute Gasteiger partial charge is 0.269 e. The van der Waals surface area contributed by atoms with Gasteiger partial charge >= 0.3 is 0 Å². The largest absolute Gasteiger partial charge is 0.356 e. The van der Waals surface area contributed by atoms with Crippen LogP contribution in [-0.4, -0.2) is 37.9 Å². The Kier molecular flexibility index (Phi) is 8.38. The normalized spacial score (nSPS) is 11.0. The highest BCUT2D eigenvalue weighted by Crippen LogP contribution is 2.29.